The maximum Gasteiger partial charge on any atom is 0.316 e. The van der Waals surface area contributed by atoms with E-state index in [-0.39, 0.29) is 24.2 Å². The fourth-order valence-electron chi connectivity index (χ4n) is 6.18. The number of rotatable bonds is 7. The molecule has 9 heteroatoms. The zero-order valence-electron chi connectivity index (χ0n) is 23.3. The first-order valence-corrected chi connectivity index (χ1v) is 14.7. The third-order valence-corrected chi connectivity index (χ3v) is 8.76. The fourth-order valence-corrected chi connectivity index (χ4v) is 6.18. The van der Waals surface area contributed by atoms with Crippen molar-refractivity contribution in [3.05, 3.63) is 36.7 Å². The predicted octanol–water partition coefficient (Wildman–Crippen LogP) is 4.06. The van der Waals surface area contributed by atoms with Crippen molar-refractivity contribution in [2.75, 3.05) is 49.1 Å². The lowest BCUT2D eigenvalue weighted by Gasteiger charge is -2.47. The largest absolute Gasteiger partial charge is 0.490 e. The molecule has 39 heavy (non-hydrogen) atoms. The molecule has 1 spiro atoms. The molecule has 0 N–H and O–H groups in total. The molecule has 4 fully saturated rings. The van der Waals surface area contributed by atoms with Crippen LogP contribution in [0, 0.1) is 0 Å². The Labute approximate surface area is 231 Å². The predicted molar refractivity (Wildman–Crippen MR) is 150 cm³/mol. The monoisotopic (exact) mass is 535 g/mol. The molecule has 1 aromatic carbocycles. The highest BCUT2D eigenvalue weighted by Gasteiger charge is 2.43. The summed E-state index contributed by atoms with van der Waals surface area (Å²) in [6.45, 7) is 8.54. The summed E-state index contributed by atoms with van der Waals surface area (Å²) in [5.41, 5.74) is 1.54. The van der Waals surface area contributed by atoms with Crippen LogP contribution in [0.4, 0.5) is 11.4 Å². The number of hydrogen-bond donors (Lipinski definition) is 0. The maximum atomic E-state index is 12.7. The second-order valence-corrected chi connectivity index (χ2v) is 11.8. The quantitative estimate of drug-likeness (QED) is 0.525. The van der Waals surface area contributed by atoms with Gasteiger partial charge in [0.2, 0.25) is 0 Å². The first-order valence-electron chi connectivity index (χ1n) is 14.7. The van der Waals surface area contributed by atoms with Gasteiger partial charge in [0.25, 0.3) is 5.91 Å². The van der Waals surface area contributed by atoms with Gasteiger partial charge in [0, 0.05) is 37.9 Å². The summed E-state index contributed by atoms with van der Waals surface area (Å²) in [7, 11) is 0. The molecule has 3 aliphatic heterocycles. The topological polar surface area (TPSA) is 80.3 Å². The van der Waals surface area contributed by atoms with Crippen LogP contribution in [0.15, 0.2) is 36.7 Å². The highest BCUT2D eigenvalue weighted by molar-refractivity contribution is 5.94. The van der Waals surface area contributed by atoms with Gasteiger partial charge in [-0.25, -0.2) is 9.97 Å². The number of carbonyl (C=O) groups excluding carboxylic acids is 1. The molecular formula is C30H41N5O4. The molecule has 1 saturated carbocycles. The lowest BCUT2D eigenvalue weighted by molar-refractivity contribution is -0.141. The Hall–Kier alpha value is -2.91. The number of piperidine rings is 2. The van der Waals surface area contributed by atoms with Gasteiger partial charge >= 0.3 is 6.01 Å². The van der Waals surface area contributed by atoms with E-state index in [4.69, 9.17) is 14.2 Å². The molecule has 0 bridgehead atoms. The van der Waals surface area contributed by atoms with E-state index < -0.39 is 0 Å². The van der Waals surface area contributed by atoms with Crippen LogP contribution in [0.1, 0.15) is 58.8 Å². The van der Waals surface area contributed by atoms with Crippen molar-refractivity contribution < 1.29 is 19.0 Å². The molecule has 0 unspecified atom stereocenters. The zero-order chi connectivity index (χ0) is 26.8. The van der Waals surface area contributed by atoms with Crippen molar-refractivity contribution >= 4 is 17.3 Å². The Balaban J connectivity index is 1.01. The van der Waals surface area contributed by atoms with Crippen LogP contribution in [-0.4, -0.2) is 84.0 Å². The third kappa shape index (κ3) is 5.99. The molecule has 1 aromatic heterocycles. The normalized spacial score (nSPS) is 22.8. The van der Waals surface area contributed by atoms with Crippen LogP contribution in [0.3, 0.4) is 0 Å². The second kappa shape index (κ2) is 11.3. The molecule has 0 atom stereocenters. The molecule has 2 aromatic rings. The molecule has 1 aliphatic carbocycles. The molecule has 4 aliphatic rings. The first kappa shape index (κ1) is 26.3. The highest BCUT2D eigenvalue weighted by Crippen LogP contribution is 2.35. The Morgan fingerprint density at radius 2 is 1.64 bits per heavy atom. The molecule has 1 amide bonds. The number of amides is 1. The molecule has 9 nitrogen and oxygen atoms in total. The van der Waals surface area contributed by atoms with Crippen molar-refractivity contribution in [3.63, 3.8) is 0 Å². The Kier molecular flexibility index (Phi) is 7.62. The smallest absolute Gasteiger partial charge is 0.316 e. The minimum absolute atomic E-state index is 0.00211. The van der Waals surface area contributed by atoms with Crippen LogP contribution >= 0.6 is 0 Å². The number of aromatic nitrogens is 2. The molecule has 4 heterocycles. The van der Waals surface area contributed by atoms with Gasteiger partial charge < -0.3 is 28.9 Å². The van der Waals surface area contributed by atoms with Crippen molar-refractivity contribution in [1.82, 2.24) is 14.9 Å². The van der Waals surface area contributed by atoms with E-state index in [1.807, 2.05) is 13.8 Å². The Morgan fingerprint density at radius 3 is 2.26 bits per heavy atom. The van der Waals surface area contributed by atoms with E-state index in [1.165, 1.54) is 38.0 Å². The van der Waals surface area contributed by atoms with Gasteiger partial charge in [-0.3, -0.25) is 4.79 Å². The van der Waals surface area contributed by atoms with Gasteiger partial charge in [0.1, 0.15) is 18.5 Å². The van der Waals surface area contributed by atoms with Gasteiger partial charge in [0.15, 0.2) is 0 Å². The fraction of sp³-hybridized carbons (Fsp3) is 0.633. The third-order valence-electron chi connectivity index (χ3n) is 8.76. The van der Waals surface area contributed by atoms with Gasteiger partial charge in [-0.2, -0.15) is 0 Å². The number of carbonyl (C=O) groups is 1. The van der Waals surface area contributed by atoms with Gasteiger partial charge in [-0.1, -0.05) is 6.42 Å². The van der Waals surface area contributed by atoms with E-state index >= 15 is 0 Å². The second-order valence-electron chi connectivity index (χ2n) is 11.8. The van der Waals surface area contributed by atoms with Crippen LogP contribution in [-0.2, 0) is 9.53 Å². The number of anilines is 2. The van der Waals surface area contributed by atoms with Crippen molar-refractivity contribution in [3.8, 4) is 11.8 Å². The van der Waals surface area contributed by atoms with Crippen molar-refractivity contribution in [2.24, 2.45) is 0 Å². The maximum absolute atomic E-state index is 12.7. The first-order chi connectivity index (χ1) is 19.0. The summed E-state index contributed by atoms with van der Waals surface area (Å²) in [5, 5.41) is 0. The van der Waals surface area contributed by atoms with Crippen LogP contribution < -0.4 is 19.3 Å². The lowest BCUT2D eigenvalue weighted by atomic mass is 9.89. The van der Waals surface area contributed by atoms with E-state index in [0.717, 1.165) is 50.6 Å². The average molecular weight is 536 g/mol. The summed E-state index contributed by atoms with van der Waals surface area (Å²) in [6.07, 6.45) is 11.7. The molecule has 6 rings (SSSR count). The average Bonchev–Trinajstić information content (AvgIpc) is 2.92. The molecular weight excluding hydrogens is 494 g/mol. The lowest BCUT2D eigenvalue weighted by Crippen LogP contribution is -2.59. The van der Waals surface area contributed by atoms with Crippen LogP contribution in [0.5, 0.6) is 11.8 Å². The SMILES string of the molecule is CC(C)Oc1ncc(N2CC3(CCN(c4ccc(OC5CCN(C6CCC6)CC5)cc4)CC3)OCC2=O)cn1. The van der Waals surface area contributed by atoms with Gasteiger partial charge in [-0.15, -0.1) is 0 Å². The highest BCUT2D eigenvalue weighted by atomic mass is 16.5. The summed E-state index contributed by atoms with van der Waals surface area (Å²) in [4.78, 5) is 28.1. The standard InChI is InChI=1S/C30H41N5O4/c1-22(2)38-29-31-18-25(19-32-29)35-21-30(37-20-28(35)36)12-16-34(17-13-30)24-6-8-26(9-7-24)39-27-10-14-33(15-11-27)23-4-3-5-23/h6-9,18-19,22-23,27H,3-5,10-17,20-21H2,1-2H3. The van der Waals surface area contributed by atoms with Crippen molar-refractivity contribution in [1.29, 1.82) is 0 Å². The van der Waals surface area contributed by atoms with E-state index in [0.29, 0.717) is 24.3 Å². The summed E-state index contributed by atoms with van der Waals surface area (Å²) < 4.78 is 18.0. The zero-order valence-corrected chi connectivity index (χ0v) is 23.3. The van der Waals surface area contributed by atoms with E-state index in [9.17, 15) is 4.79 Å². The number of benzene rings is 1. The van der Waals surface area contributed by atoms with Crippen LogP contribution in [0.2, 0.25) is 0 Å². The minimum atomic E-state index is -0.352. The summed E-state index contributed by atoms with van der Waals surface area (Å²) >= 11 is 0. The van der Waals surface area contributed by atoms with Gasteiger partial charge in [0.05, 0.1) is 36.3 Å². The number of likely N-dealkylation sites (tertiary alicyclic amines) is 1. The van der Waals surface area contributed by atoms with E-state index in [2.05, 4.69) is 44.0 Å². The molecule has 210 valence electrons. The molecule has 0 radical (unpaired) electrons. The number of nitrogens with zero attached hydrogens (tertiary/aromatic N) is 5. The van der Waals surface area contributed by atoms with E-state index in [1.54, 1.807) is 17.3 Å². The Morgan fingerprint density at radius 1 is 0.949 bits per heavy atom. The number of hydrogen-bond acceptors (Lipinski definition) is 8. The van der Waals surface area contributed by atoms with Crippen molar-refractivity contribution in [2.45, 2.75) is 82.6 Å². The number of ether oxygens (including phenoxy) is 3. The Bertz CT molecular complexity index is 1110. The molecule has 3 saturated heterocycles. The minimum Gasteiger partial charge on any atom is -0.490 e. The summed E-state index contributed by atoms with van der Waals surface area (Å²) in [5.74, 6) is 0.902. The summed E-state index contributed by atoms with van der Waals surface area (Å²) in [6, 6.07) is 9.73. The number of morpholine rings is 1. The van der Waals surface area contributed by atoms with Crippen LogP contribution in [0.25, 0.3) is 0 Å². The van der Waals surface area contributed by atoms with Gasteiger partial charge in [-0.05, 0) is 76.6 Å².